The molecule has 1 fully saturated rings. The van der Waals surface area contributed by atoms with Crippen LogP contribution in [0.1, 0.15) is 70.9 Å². The minimum Gasteiger partial charge on any atom is -0.494 e. The molecule has 21 heavy (non-hydrogen) atoms. The van der Waals surface area contributed by atoms with Crippen molar-refractivity contribution in [3.8, 4) is 5.75 Å². The molecule has 1 atom stereocenters. The zero-order chi connectivity index (χ0) is 15.1. The Bertz CT molecular complexity index is 423. The maximum atomic E-state index is 5.70. The summed E-state index contributed by atoms with van der Waals surface area (Å²) in [6, 6.07) is 9.18. The largest absolute Gasteiger partial charge is 0.494 e. The molecule has 0 amide bonds. The van der Waals surface area contributed by atoms with Gasteiger partial charge in [0.2, 0.25) is 0 Å². The molecule has 118 valence electrons. The van der Waals surface area contributed by atoms with E-state index in [0.717, 1.165) is 18.9 Å². The second-order valence-corrected chi connectivity index (χ2v) is 6.32. The van der Waals surface area contributed by atoms with E-state index in [2.05, 4.69) is 43.4 Å². The first kappa shape index (κ1) is 16.4. The van der Waals surface area contributed by atoms with E-state index < -0.39 is 0 Å². The lowest BCUT2D eigenvalue weighted by Crippen LogP contribution is -2.36. The van der Waals surface area contributed by atoms with Crippen LogP contribution in [-0.2, 0) is 0 Å². The molecular formula is C19H31NO. The molecule has 1 aromatic carbocycles. The summed E-state index contributed by atoms with van der Waals surface area (Å²) < 4.78 is 5.70. The first-order chi connectivity index (χ1) is 10.3. The highest BCUT2D eigenvalue weighted by Gasteiger charge is 2.40. The van der Waals surface area contributed by atoms with E-state index in [1.54, 1.807) is 0 Å². The maximum absolute atomic E-state index is 5.70. The molecular weight excluding hydrogens is 258 g/mol. The summed E-state index contributed by atoms with van der Waals surface area (Å²) in [4.78, 5) is 0. The Morgan fingerprint density at radius 1 is 1.19 bits per heavy atom. The SMILES string of the molecule is CCCNC(c1cccc(OCC)c1)C1(CC)CCCC1. The Morgan fingerprint density at radius 3 is 2.57 bits per heavy atom. The number of rotatable bonds is 8. The molecule has 2 nitrogen and oxygen atoms in total. The van der Waals surface area contributed by atoms with E-state index in [1.807, 2.05) is 6.92 Å². The molecule has 0 spiro atoms. The fourth-order valence-corrected chi connectivity index (χ4v) is 3.85. The normalized spacial score (nSPS) is 18.6. The first-order valence-electron chi connectivity index (χ1n) is 8.72. The molecule has 0 aromatic heterocycles. The van der Waals surface area contributed by atoms with Crippen molar-refractivity contribution in [2.24, 2.45) is 5.41 Å². The lowest BCUT2D eigenvalue weighted by molar-refractivity contribution is 0.187. The summed E-state index contributed by atoms with van der Waals surface area (Å²) in [6.07, 6.45) is 7.90. The third-order valence-electron chi connectivity index (χ3n) is 5.02. The molecule has 0 bridgehead atoms. The number of ether oxygens (including phenoxy) is 1. The second-order valence-electron chi connectivity index (χ2n) is 6.32. The summed E-state index contributed by atoms with van der Waals surface area (Å²) in [6.45, 7) is 8.47. The van der Waals surface area contributed by atoms with Gasteiger partial charge in [0.1, 0.15) is 5.75 Å². The van der Waals surface area contributed by atoms with Crippen molar-refractivity contribution in [3.63, 3.8) is 0 Å². The van der Waals surface area contributed by atoms with Gasteiger partial charge in [-0.15, -0.1) is 0 Å². The fourth-order valence-electron chi connectivity index (χ4n) is 3.85. The van der Waals surface area contributed by atoms with E-state index in [1.165, 1.54) is 44.1 Å². The molecule has 2 heteroatoms. The highest BCUT2D eigenvalue weighted by atomic mass is 16.5. The predicted molar refractivity (Wildman–Crippen MR) is 89.8 cm³/mol. The number of benzene rings is 1. The molecule has 1 aliphatic carbocycles. The third-order valence-corrected chi connectivity index (χ3v) is 5.02. The molecule has 0 radical (unpaired) electrons. The molecule has 1 unspecified atom stereocenters. The quantitative estimate of drug-likeness (QED) is 0.719. The van der Waals surface area contributed by atoms with E-state index in [4.69, 9.17) is 4.74 Å². The Balaban J connectivity index is 2.28. The van der Waals surface area contributed by atoms with Gasteiger partial charge < -0.3 is 10.1 Å². The number of nitrogens with one attached hydrogen (secondary N) is 1. The molecule has 1 aromatic rings. The third kappa shape index (κ3) is 3.79. The standard InChI is InChI=1S/C19H31NO/c1-4-14-20-18(19(5-2)12-7-8-13-19)16-10-9-11-17(15-16)21-6-3/h9-11,15,18,20H,4-8,12-14H2,1-3H3. The van der Waals surface area contributed by atoms with Crippen LogP contribution < -0.4 is 10.1 Å². The summed E-state index contributed by atoms with van der Waals surface area (Å²) in [5.74, 6) is 1.00. The van der Waals surface area contributed by atoms with Crippen LogP contribution >= 0.6 is 0 Å². The van der Waals surface area contributed by atoms with Gasteiger partial charge in [-0.25, -0.2) is 0 Å². The second kappa shape index (κ2) is 7.84. The van der Waals surface area contributed by atoms with Crippen molar-refractivity contribution in [1.82, 2.24) is 5.32 Å². The van der Waals surface area contributed by atoms with Gasteiger partial charge in [0.25, 0.3) is 0 Å². The van der Waals surface area contributed by atoms with E-state index >= 15 is 0 Å². The minimum absolute atomic E-state index is 0.431. The fraction of sp³-hybridized carbons (Fsp3) is 0.684. The monoisotopic (exact) mass is 289 g/mol. The average molecular weight is 289 g/mol. The zero-order valence-corrected chi connectivity index (χ0v) is 14.0. The Kier molecular flexibility index (Phi) is 6.10. The van der Waals surface area contributed by atoms with Gasteiger partial charge in [-0.2, -0.15) is 0 Å². The molecule has 2 rings (SSSR count). The van der Waals surface area contributed by atoms with Crippen molar-refractivity contribution >= 4 is 0 Å². The van der Waals surface area contributed by atoms with Gasteiger partial charge in [0, 0.05) is 6.04 Å². The lowest BCUT2D eigenvalue weighted by Gasteiger charge is -2.38. The Labute approximate surface area is 130 Å². The topological polar surface area (TPSA) is 21.3 Å². The van der Waals surface area contributed by atoms with E-state index in [0.29, 0.717) is 11.5 Å². The van der Waals surface area contributed by atoms with Gasteiger partial charge in [-0.1, -0.05) is 38.8 Å². The van der Waals surface area contributed by atoms with Crippen LogP contribution in [0, 0.1) is 5.41 Å². The molecule has 0 saturated heterocycles. The lowest BCUT2D eigenvalue weighted by atomic mass is 9.73. The van der Waals surface area contributed by atoms with E-state index in [-0.39, 0.29) is 0 Å². The average Bonchev–Trinajstić information content (AvgIpc) is 2.98. The van der Waals surface area contributed by atoms with Gasteiger partial charge in [0.15, 0.2) is 0 Å². The Hall–Kier alpha value is -1.02. The molecule has 0 aliphatic heterocycles. The number of hydrogen-bond donors (Lipinski definition) is 1. The van der Waals surface area contributed by atoms with Crippen LogP contribution in [0.4, 0.5) is 0 Å². The first-order valence-corrected chi connectivity index (χ1v) is 8.72. The summed E-state index contributed by atoms with van der Waals surface area (Å²) in [5, 5.41) is 3.83. The van der Waals surface area contributed by atoms with Crippen molar-refractivity contribution in [2.75, 3.05) is 13.2 Å². The van der Waals surface area contributed by atoms with Gasteiger partial charge in [-0.05, 0) is 62.3 Å². The van der Waals surface area contributed by atoms with Gasteiger partial charge >= 0.3 is 0 Å². The maximum Gasteiger partial charge on any atom is 0.119 e. The number of hydrogen-bond acceptors (Lipinski definition) is 2. The Morgan fingerprint density at radius 2 is 1.95 bits per heavy atom. The minimum atomic E-state index is 0.431. The van der Waals surface area contributed by atoms with Crippen molar-refractivity contribution < 1.29 is 4.74 Å². The van der Waals surface area contributed by atoms with Crippen LogP contribution in [0.2, 0.25) is 0 Å². The summed E-state index contributed by atoms with van der Waals surface area (Å²) in [5.41, 5.74) is 1.83. The summed E-state index contributed by atoms with van der Waals surface area (Å²) >= 11 is 0. The van der Waals surface area contributed by atoms with Crippen molar-refractivity contribution in [1.29, 1.82) is 0 Å². The van der Waals surface area contributed by atoms with E-state index in [9.17, 15) is 0 Å². The zero-order valence-electron chi connectivity index (χ0n) is 14.0. The molecule has 1 N–H and O–H groups in total. The predicted octanol–water partition coefficient (Wildman–Crippen LogP) is 5.10. The molecule has 1 aliphatic rings. The van der Waals surface area contributed by atoms with Gasteiger partial charge in [-0.3, -0.25) is 0 Å². The van der Waals surface area contributed by atoms with Crippen LogP contribution in [0.25, 0.3) is 0 Å². The van der Waals surface area contributed by atoms with Crippen molar-refractivity contribution in [2.45, 2.75) is 65.3 Å². The van der Waals surface area contributed by atoms with Crippen molar-refractivity contribution in [3.05, 3.63) is 29.8 Å². The van der Waals surface area contributed by atoms with Gasteiger partial charge in [0.05, 0.1) is 6.61 Å². The highest BCUT2D eigenvalue weighted by molar-refractivity contribution is 5.32. The molecule has 1 saturated carbocycles. The van der Waals surface area contributed by atoms with Crippen LogP contribution in [-0.4, -0.2) is 13.2 Å². The van der Waals surface area contributed by atoms with Crippen LogP contribution in [0.3, 0.4) is 0 Å². The summed E-state index contributed by atoms with van der Waals surface area (Å²) in [7, 11) is 0. The smallest absolute Gasteiger partial charge is 0.119 e. The highest BCUT2D eigenvalue weighted by Crippen LogP contribution is 2.50. The van der Waals surface area contributed by atoms with Crippen LogP contribution in [0.5, 0.6) is 5.75 Å². The molecule has 0 heterocycles. The van der Waals surface area contributed by atoms with Crippen LogP contribution in [0.15, 0.2) is 24.3 Å².